The number of Topliss-reactive ketones (excluding diaryl/α,β-unsaturated/α-hetero) is 6. The van der Waals surface area contributed by atoms with E-state index in [1.807, 2.05) is 0 Å². The van der Waals surface area contributed by atoms with Crippen LogP contribution in [0.3, 0.4) is 0 Å². The molecule has 7 heteroatoms. The molecule has 122 valence electrons. The van der Waals surface area contributed by atoms with Gasteiger partial charge in [0.2, 0.25) is 0 Å². The Morgan fingerprint density at radius 3 is 0.682 bits per heavy atom. The molecule has 0 bridgehead atoms. The van der Waals surface area contributed by atoms with Crippen LogP contribution in [0, 0.1) is 0 Å². The summed E-state index contributed by atoms with van der Waals surface area (Å²) in [6.45, 7) is 7.10. The molecule has 0 atom stereocenters. The molecule has 22 heavy (non-hydrogen) atoms. The molecular formula is C15H21O6V. The Hall–Kier alpha value is -1.40. The predicted octanol–water partition coefficient (Wildman–Crippen LogP) is 1.50. The van der Waals surface area contributed by atoms with Crippen LogP contribution in [-0.4, -0.2) is 34.7 Å². The first-order valence-corrected chi connectivity index (χ1v) is 9.15. The molecule has 0 aliphatic rings. The Kier molecular flexibility index (Phi) is 7.77. The van der Waals surface area contributed by atoms with Crippen molar-refractivity contribution in [1.29, 1.82) is 0 Å². The van der Waals surface area contributed by atoms with E-state index in [9.17, 15) is 28.8 Å². The predicted molar refractivity (Wildman–Crippen MR) is 75.3 cm³/mol. The molecule has 0 aliphatic carbocycles. The van der Waals surface area contributed by atoms with Gasteiger partial charge in [0.25, 0.3) is 0 Å². The molecular weight excluding hydrogens is 327 g/mol. The Balaban J connectivity index is 6.39. The van der Waals surface area contributed by atoms with Gasteiger partial charge in [-0.25, -0.2) is 0 Å². The average molecular weight is 348 g/mol. The fourth-order valence-electron chi connectivity index (χ4n) is 2.57. The first kappa shape index (κ1) is 20.6. The molecule has 0 aromatic heterocycles. The average Bonchev–Trinajstić information content (AvgIpc) is 2.24. The molecule has 0 saturated carbocycles. The van der Waals surface area contributed by atoms with Crippen LogP contribution in [-0.2, 0) is 43.9 Å². The maximum atomic E-state index is 11.9. The summed E-state index contributed by atoms with van der Waals surface area (Å²) < 4.78 is -3.57. The van der Waals surface area contributed by atoms with Crippen LogP contribution in [0.25, 0.3) is 0 Å². The third-order valence-electron chi connectivity index (χ3n) is 3.20. The molecule has 0 unspecified atom stereocenters. The summed E-state index contributed by atoms with van der Waals surface area (Å²) in [6, 6.07) is 0. The van der Waals surface area contributed by atoms with Gasteiger partial charge >= 0.3 is 134 Å². The van der Waals surface area contributed by atoms with Crippen LogP contribution < -0.4 is 0 Å². The zero-order chi connectivity index (χ0) is 17.8. The van der Waals surface area contributed by atoms with E-state index in [1.54, 1.807) is 0 Å². The van der Waals surface area contributed by atoms with Crippen LogP contribution in [0.4, 0.5) is 0 Å². The van der Waals surface area contributed by atoms with Crippen molar-refractivity contribution in [2.45, 2.75) is 55.4 Å². The van der Waals surface area contributed by atoms with Gasteiger partial charge in [-0.05, 0) is 0 Å². The summed E-state index contributed by atoms with van der Waals surface area (Å²) in [5.74, 6) is -3.04. The van der Waals surface area contributed by atoms with Gasteiger partial charge in [0.15, 0.2) is 0 Å². The number of ketones is 6. The zero-order valence-corrected chi connectivity index (χ0v) is 15.0. The van der Waals surface area contributed by atoms with Gasteiger partial charge in [0, 0.05) is 0 Å². The molecule has 0 spiro atoms. The first-order chi connectivity index (χ1) is 9.93. The summed E-state index contributed by atoms with van der Waals surface area (Å²) in [6.07, 6.45) is 0. The summed E-state index contributed by atoms with van der Waals surface area (Å²) >= 11 is -3.11. The summed E-state index contributed by atoms with van der Waals surface area (Å²) in [5, 5.41) is 0. The fourth-order valence-corrected chi connectivity index (χ4v) is 7.90. The molecule has 0 fully saturated rings. The number of hydrogen-bond donors (Lipinski definition) is 0. The van der Waals surface area contributed by atoms with Crippen LogP contribution >= 0.6 is 0 Å². The molecule has 0 saturated heterocycles. The Labute approximate surface area is 134 Å². The van der Waals surface area contributed by atoms with Crippen LogP contribution in [0.1, 0.15) is 41.5 Å². The van der Waals surface area contributed by atoms with Crippen LogP contribution in [0.15, 0.2) is 0 Å². The molecule has 0 N–H and O–H groups in total. The molecule has 0 aliphatic heterocycles. The molecule has 0 rings (SSSR count). The Bertz CT molecular complexity index is 418. The van der Waals surface area contributed by atoms with Gasteiger partial charge in [-0.15, -0.1) is 0 Å². The van der Waals surface area contributed by atoms with Crippen molar-refractivity contribution >= 4 is 34.7 Å². The van der Waals surface area contributed by atoms with Gasteiger partial charge in [-0.1, -0.05) is 0 Å². The number of rotatable bonds is 9. The quantitative estimate of drug-likeness (QED) is 0.585. The van der Waals surface area contributed by atoms with E-state index in [4.69, 9.17) is 0 Å². The van der Waals surface area contributed by atoms with E-state index in [2.05, 4.69) is 0 Å². The van der Waals surface area contributed by atoms with E-state index in [-0.39, 0.29) is 0 Å². The van der Waals surface area contributed by atoms with E-state index in [1.165, 1.54) is 41.5 Å². The third kappa shape index (κ3) is 4.81. The third-order valence-corrected chi connectivity index (χ3v) is 9.40. The fraction of sp³-hybridized carbons (Fsp3) is 0.600. The van der Waals surface area contributed by atoms with Crippen LogP contribution in [0.2, 0.25) is 13.9 Å². The second-order valence-corrected chi connectivity index (χ2v) is 9.13. The van der Waals surface area contributed by atoms with Gasteiger partial charge in [0.1, 0.15) is 0 Å². The minimum absolute atomic E-state index is 0.507. The first-order valence-electron chi connectivity index (χ1n) is 6.73. The molecule has 0 aromatic carbocycles. The van der Waals surface area contributed by atoms with E-state index >= 15 is 0 Å². The van der Waals surface area contributed by atoms with Gasteiger partial charge < -0.3 is 0 Å². The van der Waals surface area contributed by atoms with Crippen molar-refractivity contribution in [1.82, 2.24) is 0 Å². The molecule has 6 nitrogen and oxygen atoms in total. The number of carbonyl (C=O) groups excluding carboxylic acids is 6. The number of hydrogen-bond acceptors (Lipinski definition) is 6. The summed E-state index contributed by atoms with van der Waals surface area (Å²) in [4.78, 5) is 71.4. The molecule has 0 amide bonds. The standard InChI is InChI=1S/3C5H7O2.V/c3*1-4(6)3-5(2)7;/h3*3H,1-2H3;. The van der Waals surface area contributed by atoms with Crippen molar-refractivity contribution in [3.63, 3.8) is 0 Å². The summed E-state index contributed by atoms with van der Waals surface area (Å²) in [7, 11) is 0. The van der Waals surface area contributed by atoms with Gasteiger partial charge in [0.05, 0.1) is 0 Å². The Morgan fingerprint density at radius 2 is 0.591 bits per heavy atom. The van der Waals surface area contributed by atoms with Gasteiger partial charge in [-0.3, -0.25) is 0 Å². The van der Waals surface area contributed by atoms with Crippen LogP contribution in [0.5, 0.6) is 0 Å². The van der Waals surface area contributed by atoms with E-state index in [0.717, 1.165) is 0 Å². The van der Waals surface area contributed by atoms with Crippen molar-refractivity contribution in [2.24, 2.45) is 0 Å². The monoisotopic (exact) mass is 348 g/mol. The Morgan fingerprint density at radius 1 is 0.455 bits per heavy atom. The van der Waals surface area contributed by atoms with Crippen molar-refractivity contribution in [2.75, 3.05) is 0 Å². The van der Waals surface area contributed by atoms with E-state index in [0.29, 0.717) is 0 Å². The summed E-state index contributed by atoms with van der Waals surface area (Å²) in [5.41, 5.74) is 0. The molecule has 0 aromatic rings. The number of carbonyl (C=O) groups is 6. The normalized spacial score (nSPS) is 11.2. The zero-order valence-electron chi connectivity index (χ0n) is 13.6. The SMILES string of the molecule is CC(=O)[CH](C(C)=O)[V]([CH](C(C)=O)C(C)=O)[CH](C(C)=O)C(C)=O. The molecule has 0 heterocycles. The topological polar surface area (TPSA) is 102 Å². The van der Waals surface area contributed by atoms with E-state index < -0.39 is 63.8 Å². The van der Waals surface area contributed by atoms with Crippen molar-refractivity contribution in [3.8, 4) is 0 Å². The second-order valence-electron chi connectivity index (χ2n) is 5.32. The second kappa shape index (κ2) is 8.29. The van der Waals surface area contributed by atoms with Crippen molar-refractivity contribution in [3.05, 3.63) is 0 Å². The minimum atomic E-state index is -3.11. The van der Waals surface area contributed by atoms with Crippen molar-refractivity contribution < 1.29 is 43.9 Å². The molecule has 0 radical (unpaired) electrons. The maximum absolute atomic E-state index is 11.9. The van der Waals surface area contributed by atoms with Gasteiger partial charge in [-0.2, -0.15) is 0 Å².